The van der Waals surface area contributed by atoms with Crippen LogP contribution in [0, 0.1) is 0 Å². The summed E-state index contributed by atoms with van der Waals surface area (Å²) in [6.07, 6.45) is 0. The molecule has 0 atom stereocenters. The van der Waals surface area contributed by atoms with Gasteiger partial charge in [-0.05, 0) is 29.8 Å². The third kappa shape index (κ3) is 4.05. The van der Waals surface area contributed by atoms with Crippen molar-refractivity contribution in [3.63, 3.8) is 0 Å². The van der Waals surface area contributed by atoms with E-state index in [-0.39, 0.29) is 12.2 Å². The molecule has 1 aliphatic rings. The second kappa shape index (κ2) is 8.64. The van der Waals surface area contributed by atoms with Gasteiger partial charge in [-0.1, -0.05) is 41.9 Å². The molecule has 1 saturated heterocycles. The van der Waals surface area contributed by atoms with E-state index < -0.39 is 17.2 Å². The van der Waals surface area contributed by atoms with Gasteiger partial charge in [0.05, 0.1) is 25.4 Å². The molecule has 0 radical (unpaired) electrons. The van der Waals surface area contributed by atoms with E-state index >= 15 is 0 Å². The van der Waals surface area contributed by atoms with Gasteiger partial charge in [0.2, 0.25) is 5.69 Å². The van der Waals surface area contributed by atoms with E-state index in [1.54, 1.807) is 24.3 Å². The van der Waals surface area contributed by atoms with Crippen molar-refractivity contribution in [2.75, 3.05) is 26.3 Å². The lowest BCUT2D eigenvalue weighted by molar-refractivity contribution is 0.0295. The first-order chi connectivity index (χ1) is 14.5. The molecule has 2 heterocycles. The van der Waals surface area contributed by atoms with E-state index in [2.05, 4.69) is 5.10 Å². The maximum Gasteiger partial charge on any atom is 0.352 e. The van der Waals surface area contributed by atoms with E-state index in [9.17, 15) is 14.4 Å². The molecule has 0 aliphatic carbocycles. The SMILES string of the molecule is O=C(c1nn(-c2ccc(Cl)cc2)c(=O)n(Cc2ccccc2)c1=O)N1CCOCC1. The van der Waals surface area contributed by atoms with Gasteiger partial charge in [-0.15, -0.1) is 0 Å². The highest BCUT2D eigenvalue weighted by atomic mass is 35.5. The van der Waals surface area contributed by atoms with Gasteiger partial charge in [0.15, 0.2) is 0 Å². The summed E-state index contributed by atoms with van der Waals surface area (Å²) in [6.45, 7) is 1.52. The van der Waals surface area contributed by atoms with Crippen LogP contribution in [0.2, 0.25) is 5.02 Å². The molecule has 0 unspecified atom stereocenters. The van der Waals surface area contributed by atoms with Crippen LogP contribution in [0.15, 0.2) is 64.2 Å². The lowest BCUT2D eigenvalue weighted by Crippen LogP contribution is -2.48. The number of ether oxygens (including phenoxy) is 1. The quantitative estimate of drug-likeness (QED) is 0.632. The minimum absolute atomic E-state index is 0.0258. The number of carbonyl (C=O) groups is 1. The van der Waals surface area contributed by atoms with E-state index in [0.717, 1.165) is 14.8 Å². The highest BCUT2D eigenvalue weighted by Gasteiger charge is 2.26. The zero-order valence-corrected chi connectivity index (χ0v) is 16.8. The molecular formula is C21H19ClN4O4. The molecule has 3 aromatic rings. The van der Waals surface area contributed by atoms with Crippen molar-refractivity contribution in [3.05, 3.63) is 91.7 Å². The Labute approximate surface area is 176 Å². The van der Waals surface area contributed by atoms with Crippen LogP contribution in [-0.2, 0) is 11.3 Å². The second-order valence-corrected chi connectivity index (χ2v) is 7.24. The molecule has 8 nitrogen and oxygen atoms in total. The maximum absolute atomic E-state index is 13.1. The number of hydrogen-bond donors (Lipinski definition) is 0. The summed E-state index contributed by atoms with van der Waals surface area (Å²) in [5.41, 5.74) is -0.491. The standard InChI is InChI=1S/C21H19ClN4O4/c22-16-6-8-17(9-7-16)26-21(29)25(14-15-4-2-1-3-5-15)20(28)18(23-26)19(27)24-10-12-30-13-11-24/h1-9H,10-14H2. The summed E-state index contributed by atoms with van der Waals surface area (Å²) in [5, 5.41) is 4.64. The summed E-state index contributed by atoms with van der Waals surface area (Å²) < 4.78 is 7.37. The predicted molar refractivity (Wildman–Crippen MR) is 111 cm³/mol. The molecule has 1 aliphatic heterocycles. The van der Waals surface area contributed by atoms with Crippen LogP contribution in [0.4, 0.5) is 0 Å². The van der Waals surface area contributed by atoms with Gasteiger partial charge in [-0.3, -0.25) is 14.2 Å². The lowest BCUT2D eigenvalue weighted by Gasteiger charge is -2.26. The number of rotatable bonds is 4. The van der Waals surface area contributed by atoms with Crippen molar-refractivity contribution < 1.29 is 9.53 Å². The fourth-order valence-electron chi connectivity index (χ4n) is 3.22. The molecule has 0 N–H and O–H groups in total. The molecule has 0 bridgehead atoms. The number of halogens is 1. The van der Waals surface area contributed by atoms with Gasteiger partial charge in [0.25, 0.3) is 11.5 Å². The summed E-state index contributed by atoms with van der Waals surface area (Å²) in [6, 6.07) is 15.5. The second-order valence-electron chi connectivity index (χ2n) is 6.80. The summed E-state index contributed by atoms with van der Waals surface area (Å²) in [7, 11) is 0. The minimum Gasteiger partial charge on any atom is -0.378 e. The number of aromatic nitrogens is 3. The van der Waals surface area contributed by atoms with Gasteiger partial charge in [-0.2, -0.15) is 9.78 Å². The van der Waals surface area contributed by atoms with Gasteiger partial charge in [-0.25, -0.2) is 4.79 Å². The van der Waals surface area contributed by atoms with Crippen molar-refractivity contribution in [1.29, 1.82) is 0 Å². The van der Waals surface area contributed by atoms with Crippen LogP contribution in [0.5, 0.6) is 0 Å². The lowest BCUT2D eigenvalue weighted by atomic mass is 10.2. The third-order valence-electron chi connectivity index (χ3n) is 4.82. The average molecular weight is 427 g/mol. The molecule has 0 spiro atoms. The van der Waals surface area contributed by atoms with Crippen molar-refractivity contribution >= 4 is 17.5 Å². The molecular weight excluding hydrogens is 408 g/mol. The number of hydrogen-bond acceptors (Lipinski definition) is 5. The first-order valence-corrected chi connectivity index (χ1v) is 9.83. The number of carbonyl (C=O) groups excluding carboxylic acids is 1. The Morgan fingerprint density at radius 3 is 2.33 bits per heavy atom. The Balaban J connectivity index is 1.86. The van der Waals surface area contributed by atoms with E-state index in [4.69, 9.17) is 16.3 Å². The Hall–Kier alpha value is -3.23. The minimum atomic E-state index is -0.717. The van der Waals surface area contributed by atoms with Crippen LogP contribution in [0.25, 0.3) is 5.69 Å². The predicted octanol–water partition coefficient (Wildman–Crippen LogP) is 1.57. The van der Waals surface area contributed by atoms with Crippen LogP contribution in [0.3, 0.4) is 0 Å². The van der Waals surface area contributed by atoms with Crippen LogP contribution >= 0.6 is 11.6 Å². The molecule has 154 valence electrons. The fourth-order valence-corrected chi connectivity index (χ4v) is 3.35. The first kappa shape index (κ1) is 20.1. The molecule has 1 aromatic heterocycles. The summed E-state index contributed by atoms with van der Waals surface area (Å²) in [5.74, 6) is -0.521. The van der Waals surface area contributed by atoms with Gasteiger partial charge in [0, 0.05) is 18.1 Å². The Bertz CT molecular complexity index is 1170. The maximum atomic E-state index is 13.1. The Morgan fingerprint density at radius 2 is 1.67 bits per heavy atom. The van der Waals surface area contributed by atoms with Crippen LogP contribution in [0.1, 0.15) is 16.1 Å². The van der Waals surface area contributed by atoms with Crippen molar-refractivity contribution in [3.8, 4) is 5.69 Å². The molecule has 1 amide bonds. The topological polar surface area (TPSA) is 86.4 Å². The highest BCUT2D eigenvalue weighted by Crippen LogP contribution is 2.12. The molecule has 1 fully saturated rings. The first-order valence-electron chi connectivity index (χ1n) is 9.45. The van der Waals surface area contributed by atoms with Gasteiger partial charge < -0.3 is 9.64 Å². The van der Waals surface area contributed by atoms with Crippen molar-refractivity contribution in [2.24, 2.45) is 0 Å². The Morgan fingerprint density at radius 1 is 1.00 bits per heavy atom. The van der Waals surface area contributed by atoms with Crippen LogP contribution < -0.4 is 11.2 Å². The molecule has 30 heavy (non-hydrogen) atoms. The fraction of sp³-hybridized carbons (Fsp3) is 0.238. The largest absolute Gasteiger partial charge is 0.378 e. The monoisotopic (exact) mass is 426 g/mol. The third-order valence-corrected chi connectivity index (χ3v) is 5.07. The normalized spacial score (nSPS) is 14.0. The number of nitrogens with zero attached hydrogens (tertiary/aromatic N) is 4. The van der Waals surface area contributed by atoms with E-state index in [1.165, 1.54) is 4.90 Å². The smallest absolute Gasteiger partial charge is 0.352 e. The number of amides is 1. The molecule has 2 aromatic carbocycles. The zero-order valence-electron chi connectivity index (χ0n) is 16.0. The molecule has 0 saturated carbocycles. The molecule has 9 heteroatoms. The van der Waals surface area contributed by atoms with Crippen LogP contribution in [-0.4, -0.2) is 51.5 Å². The van der Waals surface area contributed by atoms with E-state index in [1.807, 2.05) is 30.3 Å². The van der Waals surface area contributed by atoms with Gasteiger partial charge >= 0.3 is 5.69 Å². The average Bonchev–Trinajstić information content (AvgIpc) is 2.78. The summed E-state index contributed by atoms with van der Waals surface area (Å²) >= 11 is 5.95. The van der Waals surface area contributed by atoms with Crippen molar-refractivity contribution in [2.45, 2.75) is 6.54 Å². The van der Waals surface area contributed by atoms with Gasteiger partial charge in [0.1, 0.15) is 0 Å². The number of morpholine rings is 1. The van der Waals surface area contributed by atoms with E-state index in [0.29, 0.717) is 37.0 Å². The number of benzene rings is 2. The van der Waals surface area contributed by atoms with Crippen molar-refractivity contribution in [1.82, 2.24) is 19.2 Å². The zero-order chi connectivity index (χ0) is 21.1. The molecule has 4 rings (SSSR count). The summed E-state index contributed by atoms with van der Waals surface area (Å²) in [4.78, 5) is 40.8. The Kier molecular flexibility index (Phi) is 5.78. The highest BCUT2D eigenvalue weighted by molar-refractivity contribution is 6.30.